The molecule has 0 aromatic carbocycles. The summed E-state index contributed by atoms with van der Waals surface area (Å²) in [6, 6.07) is 15.2. The molecule has 8 aromatic rings. The van der Waals surface area contributed by atoms with Crippen LogP contribution in [-0.2, 0) is 40.7 Å². The van der Waals surface area contributed by atoms with E-state index < -0.39 is 53.9 Å². The van der Waals surface area contributed by atoms with Crippen LogP contribution in [0.25, 0.3) is 34.2 Å². The summed E-state index contributed by atoms with van der Waals surface area (Å²) >= 11 is 11.9. The van der Waals surface area contributed by atoms with Gasteiger partial charge in [-0.2, -0.15) is 9.97 Å². The van der Waals surface area contributed by atoms with Gasteiger partial charge in [-0.1, -0.05) is 23.2 Å². The van der Waals surface area contributed by atoms with Crippen molar-refractivity contribution >= 4 is 42.9 Å². The first-order valence-electron chi connectivity index (χ1n) is 22.0. The Hall–Kier alpha value is -7.29. The lowest BCUT2D eigenvalue weighted by Crippen LogP contribution is -2.29. The maximum Gasteiger partial charge on any atom is 0.245 e. The molecule has 0 aliphatic rings. The van der Waals surface area contributed by atoms with E-state index in [2.05, 4.69) is 55.3 Å². The third-order valence-electron chi connectivity index (χ3n) is 11.4. The van der Waals surface area contributed by atoms with Crippen molar-refractivity contribution in [2.24, 2.45) is 0 Å². The van der Waals surface area contributed by atoms with E-state index in [-0.39, 0.29) is 35.0 Å². The monoisotopic (exact) mass is 1090 g/mol. The predicted molar refractivity (Wildman–Crippen MR) is 271 cm³/mol. The van der Waals surface area contributed by atoms with Gasteiger partial charge in [0.1, 0.15) is 35.8 Å². The van der Waals surface area contributed by atoms with Crippen molar-refractivity contribution in [1.82, 2.24) is 64.4 Å². The summed E-state index contributed by atoms with van der Waals surface area (Å²) in [4.78, 5) is 29.4. The molecule has 0 spiro atoms. The Balaban J connectivity index is 0.000000216. The molecular weight excluding hydrogens is 1040 g/mol. The van der Waals surface area contributed by atoms with Crippen LogP contribution in [-0.4, -0.2) is 134 Å². The Morgan fingerprint density at radius 3 is 1.34 bits per heavy atom. The molecule has 23 nitrogen and oxygen atoms in total. The van der Waals surface area contributed by atoms with E-state index in [0.29, 0.717) is 55.6 Å². The molecule has 0 bridgehead atoms. The minimum absolute atomic E-state index is 0.0935. The molecule has 8 heterocycles. The van der Waals surface area contributed by atoms with Gasteiger partial charge in [0.15, 0.2) is 54.3 Å². The van der Waals surface area contributed by atoms with Crippen molar-refractivity contribution in [2.45, 2.75) is 48.1 Å². The molecule has 0 amide bonds. The second-order valence-electron chi connectivity index (χ2n) is 15.8. The van der Waals surface area contributed by atoms with Crippen molar-refractivity contribution in [1.29, 1.82) is 0 Å². The second kappa shape index (κ2) is 24.2. The smallest absolute Gasteiger partial charge is 0.245 e. The van der Waals surface area contributed by atoms with Crippen LogP contribution in [0.2, 0.25) is 10.0 Å². The summed E-state index contributed by atoms with van der Waals surface area (Å²) in [6.07, 6.45) is 10.4. The highest BCUT2D eigenvalue weighted by Crippen LogP contribution is 2.38. The average Bonchev–Trinajstić information content (AvgIpc) is 4.03. The molecule has 0 saturated heterocycles. The van der Waals surface area contributed by atoms with Crippen molar-refractivity contribution in [2.75, 3.05) is 42.7 Å². The van der Waals surface area contributed by atoms with Crippen molar-refractivity contribution in [3.8, 4) is 57.5 Å². The van der Waals surface area contributed by atoms with Crippen molar-refractivity contribution < 1.29 is 45.3 Å². The maximum absolute atomic E-state index is 13.7. The molecule has 27 heteroatoms. The largest absolute Gasteiger partial charge is 0.494 e. The van der Waals surface area contributed by atoms with Crippen LogP contribution in [0.15, 0.2) is 104 Å². The molecule has 0 N–H and O–H groups in total. The summed E-state index contributed by atoms with van der Waals surface area (Å²) in [5.74, 6) is 0.807. The molecule has 388 valence electrons. The summed E-state index contributed by atoms with van der Waals surface area (Å²) in [7, 11) is 0.927. The molecule has 0 aliphatic carbocycles. The van der Waals surface area contributed by atoms with E-state index in [1.807, 2.05) is 0 Å². The number of hydrogen-bond donors (Lipinski definition) is 0. The van der Waals surface area contributed by atoms with Gasteiger partial charge in [-0.15, -0.1) is 20.4 Å². The van der Waals surface area contributed by atoms with E-state index in [9.17, 15) is 16.8 Å². The third kappa shape index (κ3) is 11.9. The lowest BCUT2D eigenvalue weighted by atomic mass is 10.2. The number of pyridine rings is 5. The molecule has 4 atom stereocenters. The first-order valence-corrected chi connectivity index (χ1v) is 26.2. The minimum atomic E-state index is -3.88. The van der Waals surface area contributed by atoms with Gasteiger partial charge in [-0.3, -0.25) is 29.1 Å². The molecule has 0 fully saturated rings. The first kappa shape index (κ1) is 54.5. The predicted octanol–water partition coefficient (Wildman–Crippen LogP) is 6.36. The van der Waals surface area contributed by atoms with Gasteiger partial charge in [0.2, 0.25) is 17.6 Å². The van der Waals surface area contributed by atoms with Gasteiger partial charge in [-0.05, 0) is 62.4 Å². The first-order chi connectivity index (χ1) is 35.6. The summed E-state index contributed by atoms with van der Waals surface area (Å²) in [6.45, 7) is 3.11. The topological polar surface area (TPSA) is 275 Å². The second-order valence-corrected chi connectivity index (χ2v) is 21.4. The SMILES string of the molecule is COc1ccnc(OC)c1-n1c(CS(=O)(=O)[C@H](C)[C@@H](OC)c2ccc(Cl)cn2)nnc1-c1cccnc1.COc1ncnc(OC)c1-n1c(CS(=O)(=O)[C@H](C)[C@@H](OC)c2ccc(Cl)cn2)nnc1-c1cccnc1. The third-order valence-corrected chi connectivity index (χ3v) is 15.9. The van der Waals surface area contributed by atoms with Crippen molar-refractivity contribution in [3.63, 3.8) is 0 Å². The van der Waals surface area contributed by atoms with Crippen LogP contribution in [0, 0.1) is 0 Å². The molecule has 0 saturated carbocycles. The van der Waals surface area contributed by atoms with Gasteiger partial charge in [-0.25, -0.2) is 21.8 Å². The Morgan fingerprint density at radius 1 is 0.514 bits per heavy atom. The quantitative estimate of drug-likeness (QED) is 0.0803. The molecular formula is C47H49Cl2N13O10S2. The Labute approximate surface area is 436 Å². The van der Waals surface area contributed by atoms with Crippen LogP contribution >= 0.6 is 23.2 Å². The number of halogens is 2. The summed E-state index contributed by atoms with van der Waals surface area (Å²) < 4.78 is 90.7. The lowest BCUT2D eigenvalue weighted by Gasteiger charge is -2.23. The molecule has 8 aromatic heterocycles. The fourth-order valence-corrected chi connectivity index (χ4v) is 10.7. The zero-order valence-corrected chi connectivity index (χ0v) is 44.2. The number of methoxy groups -OCH3 is 6. The number of sulfone groups is 2. The lowest BCUT2D eigenvalue weighted by molar-refractivity contribution is 0.0986. The highest BCUT2D eigenvalue weighted by atomic mass is 35.5. The molecule has 8 rings (SSSR count). The molecule has 74 heavy (non-hydrogen) atoms. The van der Waals surface area contributed by atoms with E-state index in [1.54, 1.807) is 97.8 Å². The Morgan fingerprint density at radius 2 is 0.959 bits per heavy atom. The number of rotatable bonds is 20. The number of aromatic nitrogens is 13. The molecule has 0 radical (unpaired) electrons. The number of hydrogen-bond acceptors (Lipinski definition) is 21. The maximum atomic E-state index is 13.7. The summed E-state index contributed by atoms with van der Waals surface area (Å²) in [5, 5.41) is 15.9. The Bertz CT molecular complexity index is 3110. The van der Waals surface area contributed by atoms with E-state index in [0.717, 1.165) is 0 Å². The van der Waals surface area contributed by atoms with E-state index in [1.165, 1.54) is 72.1 Å². The van der Waals surface area contributed by atoms with Crippen molar-refractivity contribution in [3.05, 3.63) is 137 Å². The van der Waals surface area contributed by atoms with E-state index in [4.69, 9.17) is 51.6 Å². The van der Waals surface area contributed by atoms with Crippen LogP contribution in [0.1, 0.15) is 49.1 Å². The Kier molecular flexibility index (Phi) is 17.8. The van der Waals surface area contributed by atoms with Gasteiger partial charge in [0.25, 0.3) is 0 Å². The number of nitrogens with zero attached hydrogens (tertiary/aromatic N) is 13. The van der Waals surface area contributed by atoms with Gasteiger partial charge in [0.05, 0.1) is 60.4 Å². The molecule has 0 aliphatic heterocycles. The van der Waals surface area contributed by atoms with Crippen LogP contribution in [0.4, 0.5) is 0 Å². The summed E-state index contributed by atoms with van der Waals surface area (Å²) in [5.41, 5.74) is 2.67. The van der Waals surface area contributed by atoms with Gasteiger partial charge < -0.3 is 28.4 Å². The standard InChI is InChI=1S/C24H25ClN6O5S.C23H24ClN7O5S/c1-15(22(35-3)18-8-7-17(25)13-28-18)37(32,33)14-20-29-30-23(16-6-5-10-26-12-16)31(20)21-19(34-2)9-11-27-24(21)36-4;1-14(20(34-2)17-8-7-16(24)11-26-17)37(32,33)12-18-29-30-21(15-6-5-9-25-10-15)31(18)19-22(35-3)27-13-28-23(19)36-4/h5-13,15,22H,14H2,1-4H3;5-11,13-14,20H,12H2,1-4H3/t15-,22-;14-,20-/m11/s1. The van der Waals surface area contributed by atoms with Crippen LogP contribution in [0.3, 0.4) is 0 Å². The van der Waals surface area contributed by atoms with Gasteiger partial charge >= 0.3 is 0 Å². The zero-order valence-electron chi connectivity index (χ0n) is 41.0. The number of ether oxygens (including phenoxy) is 6. The zero-order chi connectivity index (χ0) is 53.2. The van der Waals surface area contributed by atoms with Crippen LogP contribution in [0.5, 0.6) is 23.4 Å². The molecule has 0 unspecified atom stereocenters. The van der Waals surface area contributed by atoms with Gasteiger partial charge in [0, 0.05) is 74.8 Å². The van der Waals surface area contributed by atoms with E-state index >= 15 is 0 Å². The highest BCUT2D eigenvalue weighted by molar-refractivity contribution is 7.91. The van der Waals surface area contributed by atoms with Crippen LogP contribution < -0.4 is 18.9 Å². The normalized spacial score (nSPS) is 13.2. The average molecular weight is 1090 g/mol. The minimum Gasteiger partial charge on any atom is -0.494 e. The fourth-order valence-electron chi connectivity index (χ4n) is 7.65. The fraction of sp³-hybridized carbons (Fsp3) is 0.298. The highest BCUT2D eigenvalue weighted by Gasteiger charge is 2.37.